The lowest BCUT2D eigenvalue weighted by Crippen LogP contribution is -2.17. The Morgan fingerprint density at radius 1 is 1.10 bits per heavy atom. The number of rotatable bonds is 3. The molecule has 0 saturated heterocycles. The summed E-state index contributed by atoms with van der Waals surface area (Å²) in [6, 6.07) is 7.34. The Balaban J connectivity index is 2.04. The first-order chi connectivity index (χ1) is 9.83. The van der Waals surface area contributed by atoms with E-state index in [0.717, 1.165) is 12.1 Å². The van der Waals surface area contributed by atoms with E-state index < -0.39 is 18.0 Å². The van der Waals surface area contributed by atoms with Gasteiger partial charge in [-0.3, -0.25) is 4.79 Å². The number of amides is 1. The van der Waals surface area contributed by atoms with Crippen LogP contribution in [0.15, 0.2) is 36.4 Å². The predicted octanol–water partition coefficient (Wildman–Crippen LogP) is 3.28. The number of halogens is 4. The van der Waals surface area contributed by atoms with E-state index in [2.05, 4.69) is 20.3 Å². The molecule has 1 N–H and O–H groups in total. The van der Waals surface area contributed by atoms with Crippen molar-refractivity contribution in [3.05, 3.63) is 47.1 Å². The van der Waals surface area contributed by atoms with E-state index in [0.29, 0.717) is 0 Å². The van der Waals surface area contributed by atoms with E-state index in [9.17, 15) is 18.0 Å². The van der Waals surface area contributed by atoms with E-state index >= 15 is 0 Å². The summed E-state index contributed by atoms with van der Waals surface area (Å²) < 4.78 is 39.7. The molecule has 0 radical (unpaired) electrons. The standard InChI is InChI=1S/C12H7ClF3N3O2/c13-9-5-6-10(19-18-9)17-11(20)7-1-3-8(4-2-7)21-12(14,15)16/h1-6H,(H,17,19,20). The molecule has 1 aromatic heterocycles. The highest BCUT2D eigenvalue weighted by Gasteiger charge is 2.31. The molecule has 1 amide bonds. The van der Waals surface area contributed by atoms with Gasteiger partial charge in [0.2, 0.25) is 0 Å². The first-order valence-corrected chi connectivity index (χ1v) is 5.88. The monoisotopic (exact) mass is 317 g/mol. The molecule has 0 aliphatic carbocycles. The maximum atomic E-state index is 12.0. The third-order valence-corrected chi connectivity index (χ3v) is 2.43. The number of alkyl halides is 3. The quantitative estimate of drug-likeness (QED) is 0.943. The third-order valence-electron chi connectivity index (χ3n) is 2.22. The Bertz CT molecular complexity index is 630. The molecule has 9 heteroatoms. The number of carbonyl (C=O) groups excluding carboxylic acids is 1. The molecular formula is C12H7ClF3N3O2. The number of hydrogen-bond acceptors (Lipinski definition) is 4. The average Bonchev–Trinajstić information content (AvgIpc) is 2.40. The fourth-order valence-electron chi connectivity index (χ4n) is 1.38. The molecule has 1 heterocycles. The number of carbonyl (C=O) groups is 1. The second kappa shape index (κ2) is 5.96. The van der Waals surface area contributed by atoms with Gasteiger partial charge in [0, 0.05) is 5.56 Å². The number of aromatic nitrogens is 2. The van der Waals surface area contributed by atoms with Crippen molar-refractivity contribution in [3.8, 4) is 5.75 Å². The summed E-state index contributed by atoms with van der Waals surface area (Å²) in [5, 5.41) is 9.75. The van der Waals surface area contributed by atoms with Gasteiger partial charge >= 0.3 is 6.36 Å². The highest BCUT2D eigenvalue weighted by atomic mass is 35.5. The normalized spacial score (nSPS) is 11.0. The van der Waals surface area contributed by atoms with Crippen molar-refractivity contribution in [1.82, 2.24) is 10.2 Å². The first kappa shape index (κ1) is 15.0. The zero-order valence-corrected chi connectivity index (χ0v) is 10.9. The molecule has 1 aromatic carbocycles. The SMILES string of the molecule is O=C(Nc1ccc(Cl)nn1)c1ccc(OC(F)(F)F)cc1. The fraction of sp³-hybridized carbons (Fsp3) is 0.0833. The van der Waals surface area contributed by atoms with Crippen molar-refractivity contribution < 1.29 is 22.7 Å². The zero-order chi connectivity index (χ0) is 15.5. The molecule has 0 atom stereocenters. The maximum Gasteiger partial charge on any atom is 0.573 e. The lowest BCUT2D eigenvalue weighted by atomic mass is 10.2. The molecule has 0 fully saturated rings. The Hall–Kier alpha value is -2.35. The van der Waals surface area contributed by atoms with Crippen LogP contribution in [0.25, 0.3) is 0 Å². The van der Waals surface area contributed by atoms with Gasteiger partial charge in [0.1, 0.15) is 5.75 Å². The van der Waals surface area contributed by atoms with Crippen LogP contribution >= 0.6 is 11.6 Å². The van der Waals surface area contributed by atoms with Crippen LogP contribution in [0.2, 0.25) is 5.15 Å². The van der Waals surface area contributed by atoms with Gasteiger partial charge in [0.15, 0.2) is 11.0 Å². The molecule has 2 rings (SSSR count). The summed E-state index contributed by atoms with van der Waals surface area (Å²) in [7, 11) is 0. The van der Waals surface area contributed by atoms with E-state index in [1.807, 2.05) is 0 Å². The summed E-state index contributed by atoms with van der Waals surface area (Å²) in [6.07, 6.45) is -4.78. The van der Waals surface area contributed by atoms with Crippen molar-refractivity contribution in [1.29, 1.82) is 0 Å². The largest absolute Gasteiger partial charge is 0.573 e. The van der Waals surface area contributed by atoms with Crippen molar-refractivity contribution in [2.24, 2.45) is 0 Å². The number of anilines is 1. The number of benzene rings is 1. The van der Waals surface area contributed by atoms with Gasteiger partial charge in [-0.05, 0) is 36.4 Å². The smallest absolute Gasteiger partial charge is 0.406 e. The lowest BCUT2D eigenvalue weighted by Gasteiger charge is -2.09. The molecule has 0 aliphatic heterocycles. The Morgan fingerprint density at radius 3 is 2.29 bits per heavy atom. The number of hydrogen-bond donors (Lipinski definition) is 1. The van der Waals surface area contributed by atoms with Crippen LogP contribution in [0.5, 0.6) is 5.75 Å². The van der Waals surface area contributed by atoms with Crippen molar-refractivity contribution in [3.63, 3.8) is 0 Å². The summed E-state index contributed by atoms with van der Waals surface area (Å²) in [5.41, 5.74) is 0.140. The minimum atomic E-state index is -4.78. The van der Waals surface area contributed by atoms with Crippen molar-refractivity contribution in [2.45, 2.75) is 6.36 Å². The van der Waals surface area contributed by atoms with E-state index in [1.165, 1.54) is 24.3 Å². The Kier molecular flexibility index (Phi) is 4.27. The summed E-state index contributed by atoms with van der Waals surface area (Å²) in [4.78, 5) is 11.8. The van der Waals surface area contributed by atoms with Gasteiger partial charge < -0.3 is 10.1 Å². The van der Waals surface area contributed by atoms with Crippen LogP contribution in [0.4, 0.5) is 19.0 Å². The van der Waals surface area contributed by atoms with E-state index in [-0.39, 0.29) is 16.5 Å². The molecule has 21 heavy (non-hydrogen) atoms. The number of nitrogens with one attached hydrogen (secondary N) is 1. The number of nitrogens with zero attached hydrogens (tertiary/aromatic N) is 2. The van der Waals surface area contributed by atoms with E-state index in [4.69, 9.17) is 11.6 Å². The second-order valence-electron chi connectivity index (χ2n) is 3.77. The van der Waals surface area contributed by atoms with E-state index in [1.54, 1.807) is 0 Å². The predicted molar refractivity (Wildman–Crippen MR) is 68.1 cm³/mol. The van der Waals surface area contributed by atoms with Crippen molar-refractivity contribution >= 4 is 23.3 Å². The average molecular weight is 318 g/mol. The molecule has 0 spiro atoms. The molecule has 0 unspecified atom stereocenters. The summed E-state index contributed by atoms with van der Waals surface area (Å²) >= 11 is 5.54. The number of ether oxygens (including phenoxy) is 1. The Morgan fingerprint density at radius 2 is 1.76 bits per heavy atom. The van der Waals surface area contributed by atoms with Gasteiger partial charge in [0.25, 0.3) is 5.91 Å². The second-order valence-corrected chi connectivity index (χ2v) is 4.15. The first-order valence-electron chi connectivity index (χ1n) is 5.50. The van der Waals surface area contributed by atoms with Crippen molar-refractivity contribution in [2.75, 3.05) is 5.32 Å². The summed E-state index contributed by atoms with van der Waals surface area (Å²) in [6.45, 7) is 0. The van der Waals surface area contributed by atoms with Crippen LogP contribution < -0.4 is 10.1 Å². The van der Waals surface area contributed by atoms with Crippen LogP contribution in [-0.2, 0) is 0 Å². The van der Waals surface area contributed by atoms with Crippen LogP contribution in [-0.4, -0.2) is 22.5 Å². The van der Waals surface area contributed by atoms with Gasteiger partial charge in [-0.25, -0.2) is 0 Å². The molecule has 0 bridgehead atoms. The molecule has 0 saturated carbocycles. The van der Waals surface area contributed by atoms with Crippen LogP contribution in [0.1, 0.15) is 10.4 Å². The van der Waals surface area contributed by atoms with Gasteiger partial charge in [0.05, 0.1) is 0 Å². The maximum absolute atomic E-state index is 12.0. The highest BCUT2D eigenvalue weighted by molar-refractivity contribution is 6.29. The minimum absolute atomic E-state index is 0.140. The Labute approximate surface area is 121 Å². The molecular weight excluding hydrogens is 311 g/mol. The topological polar surface area (TPSA) is 64.1 Å². The summed E-state index contributed by atoms with van der Waals surface area (Å²) in [5.74, 6) is -0.796. The highest BCUT2D eigenvalue weighted by Crippen LogP contribution is 2.22. The zero-order valence-electron chi connectivity index (χ0n) is 10.2. The molecule has 0 aliphatic rings. The fourth-order valence-corrected chi connectivity index (χ4v) is 1.48. The van der Waals surface area contributed by atoms with Gasteiger partial charge in [-0.1, -0.05) is 11.6 Å². The molecule has 2 aromatic rings. The van der Waals surface area contributed by atoms with Gasteiger partial charge in [-0.2, -0.15) is 0 Å². The molecule has 5 nitrogen and oxygen atoms in total. The lowest BCUT2D eigenvalue weighted by molar-refractivity contribution is -0.274. The van der Waals surface area contributed by atoms with Gasteiger partial charge in [-0.15, -0.1) is 23.4 Å². The van der Waals surface area contributed by atoms with Crippen LogP contribution in [0.3, 0.4) is 0 Å². The van der Waals surface area contributed by atoms with Crippen LogP contribution in [0, 0.1) is 0 Å². The third kappa shape index (κ3) is 4.60. The minimum Gasteiger partial charge on any atom is -0.406 e. The molecule has 110 valence electrons.